The van der Waals surface area contributed by atoms with Gasteiger partial charge in [0.05, 0.1) is 41.6 Å². The van der Waals surface area contributed by atoms with Crippen LogP contribution in [-0.2, 0) is 27.1 Å². The molecule has 3 heterocycles. The van der Waals surface area contributed by atoms with E-state index in [9.17, 15) is 8.42 Å². The van der Waals surface area contributed by atoms with Crippen LogP contribution in [-0.4, -0.2) is 48.5 Å². The Morgan fingerprint density at radius 3 is 2.51 bits per heavy atom. The van der Waals surface area contributed by atoms with Crippen LogP contribution in [0.3, 0.4) is 0 Å². The first-order chi connectivity index (χ1) is 20.6. The van der Waals surface area contributed by atoms with Crippen molar-refractivity contribution < 1.29 is 21.9 Å². The number of nitrogen functional groups attached to an aromatic ring is 1. The number of benzene rings is 2. The molecule has 1 aliphatic carbocycles. The van der Waals surface area contributed by atoms with Crippen molar-refractivity contribution in [2.45, 2.75) is 62.9 Å². The molecule has 2 aromatic carbocycles. The summed E-state index contributed by atoms with van der Waals surface area (Å²) < 4.78 is 65.7. The maximum Gasteiger partial charge on any atom is 0.237 e. The zero-order valence-electron chi connectivity index (χ0n) is 23.6. The number of fused-ring (bicyclic) bond motifs is 1. The lowest BCUT2D eigenvalue weighted by Gasteiger charge is -2.35. The number of anilines is 2. The number of aryl methyl sites for hydroxylation is 1. The van der Waals surface area contributed by atoms with E-state index < -0.39 is 33.1 Å². The van der Waals surface area contributed by atoms with E-state index in [4.69, 9.17) is 22.1 Å². The van der Waals surface area contributed by atoms with Crippen LogP contribution in [0.2, 0.25) is 5.02 Å². The summed E-state index contributed by atoms with van der Waals surface area (Å²) in [6.45, 7) is 3.92. The zero-order valence-corrected chi connectivity index (χ0v) is 25.2. The van der Waals surface area contributed by atoms with Gasteiger partial charge in [0.2, 0.25) is 10.0 Å². The standard InChI is InChI=1S/C30H33ClF2N6O3S/c1-2-39-29-22(17-7-9-19(10-8-17)36-20-14-42-15-20)13-35-30(34)27(29)28(37-39)21-11-25(33)26(12-24(21)32)38-43(40,41)16-18-5-3-4-6-23(18)31/h3-6,11-13,17,19-20,36,38H,2,7-10,14-16H2,1H3,(H2,34,35). The van der Waals surface area contributed by atoms with Gasteiger partial charge in [-0.15, -0.1) is 0 Å². The molecule has 2 fully saturated rings. The molecule has 6 rings (SSSR count). The third kappa shape index (κ3) is 6.06. The molecule has 0 radical (unpaired) electrons. The summed E-state index contributed by atoms with van der Waals surface area (Å²) in [4.78, 5) is 4.44. The molecular weight excluding hydrogens is 598 g/mol. The van der Waals surface area contributed by atoms with Crippen molar-refractivity contribution in [1.82, 2.24) is 20.1 Å². The van der Waals surface area contributed by atoms with Gasteiger partial charge in [-0.1, -0.05) is 29.8 Å². The minimum atomic E-state index is -4.10. The highest BCUT2D eigenvalue weighted by Gasteiger charge is 2.30. The van der Waals surface area contributed by atoms with Crippen LogP contribution in [0.15, 0.2) is 42.6 Å². The number of nitrogens with zero attached hydrogens (tertiary/aromatic N) is 3. The van der Waals surface area contributed by atoms with Crippen LogP contribution in [0.1, 0.15) is 49.7 Å². The second-order valence-electron chi connectivity index (χ2n) is 11.2. The Morgan fingerprint density at radius 2 is 1.84 bits per heavy atom. The largest absolute Gasteiger partial charge is 0.383 e. The number of aromatic nitrogens is 3. The van der Waals surface area contributed by atoms with E-state index in [2.05, 4.69) is 20.1 Å². The molecule has 1 saturated heterocycles. The Hall–Kier alpha value is -3.32. The molecule has 0 spiro atoms. The van der Waals surface area contributed by atoms with Gasteiger partial charge in [-0.3, -0.25) is 9.40 Å². The predicted octanol–water partition coefficient (Wildman–Crippen LogP) is 5.59. The van der Waals surface area contributed by atoms with E-state index in [1.807, 2.05) is 6.92 Å². The normalized spacial score (nSPS) is 19.4. The lowest BCUT2D eigenvalue weighted by atomic mass is 9.81. The summed E-state index contributed by atoms with van der Waals surface area (Å²) >= 11 is 6.09. The molecule has 43 heavy (non-hydrogen) atoms. The summed E-state index contributed by atoms with van der Waals surface area (Å²) in [5, 5.41) is 9.02. The minimum absolute atomic E-state index is 0.134. The van der Waals surface area contributed by atoms with Crippen molar-refractivity contribution in [3.8, 4) is 11.3 Å². The van der Waals surface area contributed by atoms with Crippen LogP contribution >= 0.6 is 11.6 Å². The van der Waals surface area contributed by atoms with Gasteiger partial charge in [0.1, 0.15) is 23.1 Å². The molecule has 4 N–H and O–H groups in total. The molecule has 0 bridgehead atoms. The van der Waals surface area contributed by atoms with Crippen molar-refractivity contribution >= 4 is 44.0 Å². The fourth-order valence-electron chi connectivity index (χ4n) is 6.05. The van der Waals surface area contributed by atoms with Gasteiger partial charge in [-0.2, -0.15) is 5.10 Å². The molecule has 228 valence electrons. The molecule has 9 nitrogen and oxygen atoms in total. The summed E-state index contributed by atoms with van der Waals surface area (Å²) in [5.74, 6) is -1.92. The first-order valence-electron chi connectivity index (χ1n) is 14.4. The number of ether oxygens (including phenoxy) is 1. The minimum Gasteiger partial charge on any atom is -0.383 e. The SMILES string of the molecule is CCn1nc(-c2cc(F)c(NS(=O)(=O)Cc3ccccc3Cl)cc2F)c2c(N)ncc(C3CCC(NC4COC4)CC3)c21. The molecule has 0 atom stereocenters. The Bertz CT molecular complexity index is 1770. The highest BCUT2D eigenvalue weighted by atomic mass is 35.5. The zero-order chi connectivity index (χ0) is 30.3. The quantitative estimate of drug-likeness (QED) is 0.220. The third-order valence-corrected chi connectivity index (χ3v) is 9.87. The first-order valence-corrected chi connectivity index (χ1v) is 16.4. The number of nitrogens with one attached hydrogen (secondary N) is 2. The smallest absolute Gasteiger partial charge is 0.237 e. The third-order valence-electron chi connectivity index (χ3n) is 8.28. The predicted molar refractivity (Wildman–Crippen MR) is 163 cm³/mol. The highest BCUT2D eigenvalue weighted by Crippen LogP contribution is 2.41. The average molecular weight is 631 g/mol. The van der Waals surface area contributed by atoms with Gasteiger partial charge in [-0.05, 0) is 61.8 Å². The van der Waals surface area contributed by atoms with E-state index in [1.54, 1.807) is 35.1 Å². The Balaban J connectivity index is 1.30. The van der Waals surface area contributed by atoms with E-state index >= 15 is 8.78 Å². The fourth-order valence-corrected chi connectivity index (χ4v) is 7.55. The van der Waals surface area contributed by atoms with E-state index in [-0.39, 0.29) is 28.0 Å². The second kappa shape index (κ2) is 12.0. The maximum atomic E-state index is 15.6. The molecule has 2 aliphatic rings. The number of hydrogen-bond donors (Lipinski definition) is 3. The maximum absolute atomic E-state index is 15.6. The number of sulfonamides is 1. The van der Waals surface area contributed by atoms with Crippen LogP contribution < -0.4 is 15.8 Å². The Kier molecular flexibility index (Phi) is 8.29. The molecular formula is C30H33ClF2N6O3S. The second-order valence-corrected chi connectivity index (χ2v) is 13.3. The Labute approximate surface area is 253 Å². The highest BCUT2D eigenvalue weighted by molar-refractivity contribution is 7.91. The number of hydrogen-bond acceptors (Lipinski definition) is 7. The van der Waals surface area contributed by atoms with E-state index in [0.29, 0.717) is 29.6 Å². The average Bonchev–Trinajstić information content (AvgIpc) is 3.35. The molecule has 0 amide bonds. The van der Waals surface area contributed by atoms with Crippen molar-refractivity contribution in [3.63, 3.8) is 0 Å². The number of rotatable bonds is 9. The summed E-state index contributed by atoms with van der Waals surface area (Å²) in [5.41, 5.74) is 7.93. The lowest BCUT2D eigenvalue weighted by molar-refractivity contribution is -0.0121. The van der Waals surface area contributed by atoms with Gasteiger partial charge in [0.25, 0.3) is 0 Å². The van der Waals surface area contributed by atoms with Crippen LogP contribution in [0.25, 0.3) is 22.2 Å². The molecule has 13 heteroatoms. The number of pyridine rings is 1. The van der Waals surface area contributed by atoms with Crippen molar-refractivity contribution in [1.29, 1.82) is 0 Å². The van der Waals surface area contributed by atoms with Gasteiger partial charge < -0.3 is 15.8 Å². The lowest BCUT2D eigenvalue weighted by Crippen LogP contribution is -2.51. The number of nitrogens with two attached hydrogens (primary N) is 1. The van der Waals surface area contributed by atoms with Gasteiger partial charge in [0, 0.05) is 35.4 Å². The molecule has 2 aromatic heterocycles. The van der Waals surface area contributed by atoms with Crippen LogP contribution in [0.5, 0.6) is 0 Å². The summed E-state index contributed by atoms with van der Waals surface area (Å²) in [6.07, 6.45) is 5.69. The van der Waals surface area contributed by atoms with Crippen molar-refractivity contribution in [2.24, 2.45) is 0 Å². The molecule has 1 aliphatic heterocycles. The monoisotopic (exact) mass is 630 g/mol. The molecule has 0 unspecified atom stereocenters. The Morgan fingerprint density at radius 1 is 1.09 bits per heavy atom. The van der Waals surface area contributed by atoms with Gasteiger partial charge in [-0.25, -0.2) is 22.2 Å². The van der Waals surface area contributed by atoms with E-state index in [0.717, 1.165) is 62.1 Å². The topological polar surface area (TPSA) is 124 Å². The van der Waals surface area contributed by atoms with Crippen molar-refractivity contribution in [2.75, 3.05) is 23.7 Å². The first kappa shape index (κ1) is 29.7. The van der Waals surface area contributed by atoms with Crippen LogP contribution in [0.4, 0.5) is 20.3 Å². The van der Waals surface area contributed by atoms with Crippen molar-refractivity contribution in [3.05, 3.63) is 70.4 Å². The molecule has 4 aromatic rings. The fraction of sp³-hybridized carbons (Fsp3) is 0.400. The number of halogens is 3. The van der Waals surface area contributed by atoms with Crippen LogP contribution in [0, 0.1) is 11.6 Å². The molecule has 1 saturated carbocycles. The summed E-state index contributed by atoms with van der Waals surface area (Å²) in [6, 6.07) is 9.05. The summed E-state index contributed by atoms with van der Waals surface area (Å²) in [7, 11) is -4.10. The van der Waals surface area contributed by atoms with E-state index in [1.165, 1.54) is 0 Å². The van der Waals surface area contributed by atoms with Gasteiger partial charge in [0.15, 0.2) is 0 Å². The van der Waals surface area contributed by atoms with Gasteiger partial charge >= 0.3 is 0 Å².